The molecule has 0 unspecified atom stereocenters. The van der Waals surface area contributed by atoms with E-state index in [1.165, 1.54) is 5.56 Å². The summed E-state index contributed by atoms with van der Waals surface area (Å²) in [5.41, 5.74) is 3.94. The molecule has 2 aromatic carbocycles. The summed E-state index contributed by atoms with van der Waals surface area (Å²) >= 11 is 0. The lowest BCUT2D eigenvalue weighted by Gasteiger charge is -2.05. The Labute approximate surface area is 128 Å². The first kappa shape index (κ1) is 14.3. The van der Waals surface area contributed by atoms with Crippen LogP contribution in [0.5, 0.6) is 0 Å². The molecule has 3 aromatic rings. The van der Waals surface area contributed by atoms with Crippen LogP contribution in [0.25, 0.3) is 11.4 Å². The summed E-state index contributed by atoms with van der Waals surface area (Å²) in [6.45, 7) is 2.55. The lowest BCUT2D eigenvalue weighted by Crippen LogP contribution is -2.01. The minimum absolute atomic E-state index is 0.0259. The first-order chi connectivity index (χ1) is 10.8. The van der Waals surface area contributed by atoms with Gasteiger partial charge in [-0.2, -0.15) is 4.98 Å². The van der Waals surface area contributed by atoms with Gasteiger partial charge in [0.2, 0.25) is 11.7 Å². The van der Waals surface area contributed by atoms with Crippen LogP contribution >= 0.6 is 0 Å². The molecular weight excluding hydrogens is 278 g/mol. The average molecular weight is 295 g/mol. The molecule has 0 spiro atoms. The van der Waals surface area contributed by atoms with Crippen molar-refractivity contribution in [3.8, 4) is 11.4 Å². The molecule has 1 heterocycles. The smallest absolute Gasteiger partial charge is 0.246 e. The molecular formula is C17H17N3O2. The summed E-state index contributed by atoms with van der Waals surface area (Å²) in [5, 5.41) is 16.3. The Morgan fingerprint density at radius 1 is 1.09 bits per heavy atom. The SMILES string of the molecule is Cc1ccccc1NCc1nc(-c2ccc(CO)cc2)no1. The van der Waals surface area contributed by atoms with Crippen LogP contribution in [0.4, 0.5) is 5.69 Å². The lowest BCUT2D eigenvalue weighted by molar-refractivity contribution is 0.282. The maximum absolute atomic E-state index is 9.05. The van der Waals surface area contributed by atoms with Gasteiger partial charge in [-0.1, -0.05) is 47.6 Å². The minimum atomic E-state index is 0.0259. The molecule has 0 radical (unpaired) electrons. The highest BCUT2D eigenvalue weighted by Crippen LogP contribution is 2.18. The van der Waals surface area contributed by atoms with Crippen LogP contribution in [-0.2, 0) is 13.2 Å². The molecule has 2 N–H and O–H groups in total. The third-order valence-electron chi connectivity index (χ3n) is 3.44. The quantitative estimate of drug-likeness (QED) is 0.756. The Hall–Kier alpha value is -2.66. The van der Waals surface area contributed by atoms with Crippen molar-refractivity contribution in [3.63, 3.8) is 0 Å². The van der Waals surface area contributed by atoms with Gasteiger partial charge in [0.25, 0.3) is 0 Å². The van der Waals surface area contributed by atoms with Gasteiger partial charge in [-0.25, -0.2) is 0 Å². The minimum Gasteiger partial charge on any atom is -0.392 e. The highest BCUT2D eigenvalue weighted by molar-refractivity contribution is 5.55. The predicted molar refractivity (Wildman–Crippen MR) is 84.2 cm³/mol. The number of nitrogens with zero attached hydrogens (tertiary/aromatic N) is 2. The zero-order valence-corrected chi connectivity index (χ0v) is 12.3. The van der Waals surface area contributed by atoms with E-state index in [9.17, 15) is 0 Å². The van der Waals surface area contributed by atoms with Gasteiger partial charge in [-0.3, -0.25) is 0 Å². The van der Waals surface area contributed by atoms with E-state index in [0.29, 0.717) is 18.3 Å². The van der Waals surface area contributed by atoms with Crippen molar-refractivity contribution < 1.29 is 9.63 Å². The summed E-state index contributed by atoms with van der Waals surface area (Å²) in [4.78, 5) is 4.38. The zero-order valence-electron chi connectivity index (χ0n) is 12.3. The largest absolute Gasteiger partial charge is 0.392 e. The lowest BCUT2D eigenvalue weighted by atomic mass is 10.1. The summed E-state index contributed by atoms with van der Waals surface area (Å²) < 4.78 is 5.26. The summed E-state index contributed by atoms with van der Waals surface area (Å²) in [6.07, 6.45) is 0. The molecule has 22 heavy (non-hydrogen) atoms. The predicted octanol–water partition coefficient (Wildman–Crippen LogP) is 3.15. The molecule has 0 amide bonds. The molecule has 112 valence electrons. The monoisotopic (exact) mass is 295 g/mol. The molecule has 0 fully saturated rings. The molecule has 0 saturated carbocycles. The molecule has 0 aliphatic heterocycles. The zero-order chi connectivity index (χ0) is 15.4. The Morgan fingerprint density at radius 3 is 2.59 bits per heavy atom. The van der Waals surface area contributed by atoms with E-state index < -0.39 is 0 Å². The van der Waals surface area contributed by atoms with Gasteiger partial charge >= 0.3 is 0 Å². The van der Waals surface area contributed by atoms with Crippen LogP contribution in [0.15, 0.2) is 53.1 Å². The van der Waals surface area contributed by atoms with Gasteiger partial charge in [0, 0.05) is 11.3 Å². The van der Waals surface area contributed by atoms with Crippen molar-refractivity contribution in [1.82, 2.24) is 10.1 Å². The van der Waals surface area contributed by atoms with Crippen molar-refractivity contribution >= 4 is 5.69 Å². The van der Waals surface area contributed by atoms with Crippen molar-refractivity contribution in [1.29, 1.82) is 0 Å². The second kappa shape index (κ2) is 6.41. The number of aryl methyl sites for hydroxylation is 1. The Morgan fingerprint density at radius 2 is 1.86 bits per heavy atom. The van der Waals surface area contributed by atoms with Gasteiger partial charge < -0.3 is 14.9 Å². The maximum atomic E-state index is 9.05. The van der Waals surface area contributed by atoms with E-state index in [0.717, 1.165) is 16.8 Å². The van der Waals surface area contributed by atoms with E-state index in [1.54, 1.807) is 0 Å². The highest BCUT2D eigenvalue weighted by Gasteiger charge is 2.08. The number of aliphatic hydroxyl groups is 1. The summed E-state index contributed by atoms with van der Waals surface area (Å²) in [7, 11) is 0. The molecule has 5 nitrogen and oxygen atoms in total. The molecule has 0 aliphatic rings. The van der Waals surface area contributed by atoms with E-state index in [4.69, 9.17) is 9.63 Å². The van der Waals surface area contributed by atoms with Crippen molar-refractivity contribution in [2.45, 2.75) is 20.1 Å². The fraction of sp³-hybridized carbons (Fsp3) is 0.176. The third kappa shape index (κ3) is 3.15. The van der Waals surface area contributed by atoms with Gasteiger partial charge in [0.05, 0.1) is 13.2 Å². The number of rotatable bonds is 5. The molecule has 5 heteroatoms. The molecule has 1 aromatic heterocycles. The van der Waals surface area contributed by atoms with Crippen LogP contribution in [0.3, 0.4) is 0 Å². The van der Waals surface area contributed by atoms with Crippen LogP contribution in [0, 0.1) is 6.92 Å². The number of aromatic nitrogens is 2. The Balaban J connectivity index is 1.69. The van der Waals surface area contributed by atoms with Gasteiger partial charge in [-0.05, 0) is 24.1 Å². The molecule has 3 rings (SSSR count). The molecule has 0 atom stereocenters. The number of para-hydroxylation sites is 1. The van der Waals surface area contributed by atoms with Crippen LogP contribution in [-0.4, -0.2) is 15.2 Å². The van der Waals surface area contributed by atoms with Gasteiger partial charge in [0.1, 0.15) is 0 Å². The van der Waals surface area contributed by atoms with E-state index >= 15 is 0 Å². The first-order valence-electron chi connectivity index (χ1n) is 7.08. The number of benzene rings is 2. The van der Waals surface area contributed by atoms with Crippen LogP contribution in [0.1, 0.15) is 17.0 Å². The van der Waals surface area contributed by atoms with Crippen molar-refractivity contribution in [2.75, 3.05) is 5.32 Å². The second-order valence-corrected chi connectivity index (χ2v) is 5.04. The van der Waals surface area contributed by atoms with Gasteiger partial charge in [-0.15, -0.1) is 0 Å². The number of nitrogens with one attached hydrogen (secondary N) is 1. The molecule has 0 aliphatic carbocycles. The van der Waals surface area contributed by atoms with Crippen molar-refractivity contribution in [3.05, 3.63) is 65.5 Å². The summed E-state index contributed by atoms with van der Waals surface area (Å²) in [6, 6.07) is 15.5. The Bertz CT molecular complexity index is 751. The number of aliphatic hydroxyl groups excluding tert-OH is 1. The topological polar surface area (TPSA) is 71.2 Å². The second-order valence-electron chi connectivity index (χ2n) is 5.04. The van der Waals surface area contributed by atoms with Crippen LogP contribution < -0.4 is 5.32 Å². The average Bonchev–Trinajstić information content (AvgIpc) is 3.03. The maximum Gasteiger partial charge on any atom is 0.246 e. The van der Waals surface area contributed by atoms with E-state index in [2.05, 4.69) is 15.5 Å². The van der Waals surface area contributed by atoms with E-state index in [1.807, 2.05) is 55.5 Å². The fourth-order valence-electron chi connectivity index (χ4n) is 2.15. The normalized spacial score (nSPS) is 10.6. The third-order valence-corrected chi connectivity index (χ3v) is 3.44. The molecule has 0 bridgehead atoms. The summed E-state index contributed by atoms with van der Waals surface area (Å²) in [5.74, 6) is 1.08. The Kier molecular flexibility index (Phi) is 4.16. The van der Waals surface area contributed by atoms with Crippen molar-refractivity contribution in [2.24, 2.45) is 0 Å². The number of hydrogen-bond donors (Lipinski definition) is 2. The number of anilines is 1. The first-order valence-corrected chi connectivity index (χ1v) is 7.08. The highest BCUT2D eigenvalue weighted by atomic mass is 16.5. The standard InChI is InChI=1S/C17H17N3O2/c1-12-4-2-3-5-15(12)18-10-16-19-17(20-22-16)14-8-6-13(11-21)7-9-14/h2-9,18,21H,10-11H2,1H3. The van der Waals surface area contributed by atoms with Gasteiger partial charge in [0.15, 0.2) is 0 Å². The van der Waals surface area contributed by atoms with Crippen LogP contribution in [0.2, 0.25) is 0 Å². The fourth-order valence-corrected chi connectivity index (χ4v) is 2.15. The van der Waals surface area contributed by atoms with E-state index in [-0.39, 0.29) is 6.61 Å². The number of hydrogen-bond acceptors (Lipinski definition) is 5. The molecule has 0 saturated heterocycles.